The fourth-order valence-corrected chi connectivity index (χ4v) is 4.94. The second kappa shape index (κ2) is 11.9. The number of carbonyl (C=O) groups is 1. The van der Waals surface area contributed by atoms with Gasteiger partial charge in [0.15, 0.2) is 0 Å². The van der Waals surface area contributed by atoms with Gasteiger partial charge in [-0.1, -0.05) is 11.6 Å². The fraction of sp³-hybridized carbons (Fsp3) is 0.500. The van der Waals surface area contributed by atoms with Crippen molar-refractivity contribution in [3.05, 3.63) is 45.3 Å². The molecule has 2 N–H and O–H groups in total. The summed E-state index contributed by atoms with van der Waals surface area (Å²) in [5, 5.41) is 14.4. The number of nitrogens with one attached hydrogen (secondary N) is 1. The van der Waals surface area contributed by atoms with Crippen molar-refractivity contribution in [2.75, 3.05) is 51.7 Å². The van der Waals surface area contributed by atoms with Gasteiger partial charge in [-0.15, -0.1) is 0 Å². The molecule has 10 nitrogen and oxygen atoms in total. The van der Waals surface area contributed by atoms with Crippen molar-refractivity contribution in [2.24, 2.45) is 0 Å². The van der Waals surface area contributed by atoms with Crippen LogP contribution >= 0.6 is 11.6 Å². The number of rotatable bonds is 9. The fourth-order valence-electron chi connectivity index (χ4n) is 4.73. The first-order chi connectivity index (χ1) is 18.5. The molecule has 11 heteroatoms. The van der Waals surface area contributed by atoms with Crippen molar-refractivity contribution in [1.82, 2.24) is 24.3 Å². The van der Waals surface area contributed by atoms with Gasteiger partial charge in [-0.3, -0.25) is 19.1 Å². The van der Waals surface area contributed by atoms with E-state index >= 15 is 0 Å². The molecular weight excluding hydrogens is 520 g/mol. The zero-order chi connectivity index (χ0) is 28.3. The molecule has 2 aromatic heterocycles. The molecule has 1 saturated heterocycles. The molecule has 4 rings (SSSR count). The first kappa shape index (κ1) is 28.8. The third kappa shape index (κ3) is 6.87. The molecule has 39 heavy (non-hydrogen) atoms. The van der Waals surface area contributed by atoms with Gasteiger partial charge in [0.1, 0.15) is 11.4 Å². The van der Waals surface area contributed by atoms with Gasteiger partial charge in [0.2, 0.25) is 11.9 Å². The Hall–Kier alpha value is -3.21. The number of benzene rings is 1. The van der Waals surface area contributed by atoms with Crippen LogP contribution in [0.5, 0.6) is 5.75 Å². The number of hydrogen-bond acceptors (Lipinski definition) is 8. The van der Waals surface area contributed by atoms with Gasteiger partial charge < -0.3 is 20.1 Å². The molecule has 0 atom stereocenters. The zero-order valence-corrected chi connectivity index (χ0v) is 24.0. The van der Waals surface area contributed by atoms with E-state index in [0.29, 0.717) is 58.5 Å². The number of anilines is 1. The number of aryl methyl sites for hydroxylation is 2. The lowest BCUT2D eigenvalue weighted by atomic mass is 10.0. The summed E-state index contributed by atoms with van der Waals surface area (Å²) in [4.78, 5) is 38.9. The molecule has 0 unspecified atom stereocenters. The largest absolute Gasteiger partial charge is 0.497 e. The standard InChI is InChI=1S/C28H37ClN6O4/c1-18-13-21(39-5)15-22(24(18)29)23-14-20-16-30-27(31-17-28(3,4)38)32-25(20)35(26(23)37)8-6-7-33-9-11-34(12-10-33)19(2)36/h13-16,38H,6-12,17H2,1-5H3,(H,30,31,32). The van der Waals surface area contributed by atoms with Crippen LogP contribution in [0.1, 0.15) is 32.8 Å². The first-order valence-electron chi connectivity index (χ1n) is 13.2. The van der Waals surface area contributed by atoms with E-state index in [4.69, 9.17) is 16.3 Å². The summed E-state index contributed by atoms with van der Waals surface area (Å²) in [5.74, 6) is 1.05. The van der Waals surface area contributed by atoms with E-state index in [0.717, 1.165) is 31.6 Å². The molecule has 0 aliphatic carbocycles. The van der Waals surface area contributed by atoms with Crippen LogP contribution in [0.4, 0.5) is 5.95 Å². The lowest BCUT2D eigenvalue weighted by molar-refractivity contribution is -0.130. The van der Waals surface area contributed by atoms with E-state index in [1.54, 1.807) is 50.8 Å². The predicted molar refractivity (Wildman–Crippen MR) is 154 cm³/mol. The van der Waals surface area contributed by atoms with Crippen molar-refractivity contribution >= 4 is 34.5 Å². The predicted octanol–water partition coefficient (Wildman–Crippen LogP) is 3.17. The molecule has 0 bridgehead atoms. The Morgan fingerprint density at radius 1 is 1.15 bits per heavy atom. The van der Waals surface area contributed by atoms with Gasteiger partial charge in [0, 0.05) is 68.9 Å². The highest BCUT2D eigenvalue weighted by Crippen LogP contribution is 2.34. The molecule has 0 spiro atoms. The molecule has 1 fully saturated rings. The molecule has 1 aliphatic heterocycles. The minimum absolute atomic E-state index is 0.101. The molecule has 210 valence electrons. The summed E-state index contributed by atoms with van der Waals surface area (Å²) < 4.78 is 7.12. The average Bonchev–Trinajstić information content (AvgIpc) is 2.90. The van der Waals surface area contributed by atoms with Gasteiger partial charge in [0.05, 0.1) is 17.7 Å². The molecule has 0 saturated carbocycles. The Morgan fingerprint density at radius 2 is 1.87 bits per heavy atom. The van der Waals surface area contributed by atoms with Crippen molar-refractivity contribution in [2.45, 2.75) is 46.3 Å². The Bertz CT molecular complexity index is 1410. The van der Waals surface area contributed by atoms with Gasteiger partial charge >= 0.3 is 0 Å². The summed E-state index contributed by atoms with van der Waals surface area (Å²) in [6.45, 7) is 11.4. The average molecular weight is 557 g/mol. The molecule has 3 heterocycles. The van der Waals surface area contributed by atoms with Gasteiger partial charge in [-0.2, -0.15) is 4.98 Å². The maximum absolute atomic E-state index is 14.0. The van der Waals surface area contributed by atoms with Crippen LogP contribution in [0, 0.1) is 6.92 Å². The molecule has 1 aliphatic rings. The number of aromatic nitrogens is 3. The molecule has 1 aromatic carbocycles. The number of halogens is 1. The maximum Gasteiger partial charge on any atom is 0.260 e. The van der Waals surface area contributed by atoms with E-state index in [1.807, 2.05) is 17.9 Å². The van der Waals surface area contributed by atoms with E-state index in [-0.39, 0.29) is 18.0 Å². The highest BCUT2D eigenvalue weighted by molar-refractivity contribution is 6.34. The van der Waals surface area contributed by atoms with Crippen molar-refractivity contribution in [3.8, 4) is 16.9 Å². The summed E-state index contributed by atoms with van der Waals surface area (Å²) in [6.07, 6.45) is 2.40. The third-order valence-corrected chi connectivity index (χ3v) is 7.44. The molecular formula is C28H37ClN6O4. The Morgan fingerprint density at radius 3 is 2.51 bits per heavy atom. The number of nitrogens with zero attached hydrogens (tertiary/aromatic N) is 5. The number of methoxy groups -OCH3 is 1. The zero-order valence-electron chi connectivity index (χ0n) is 23.3. The van der Waals surface area contributed by atoms with Crippen LogP contribution in [-0.4, -0.2) is 87.3 Å². The Labute approximate surface area is 233 Å². The number of aliphatic hydroxyl groups is 1. The van der Waals surface area contributed by atoms with Gasteiger partial charge in [0.25, 0.3) is 5.56 Å². The smallest absolute Gasteiger partial charge is 0.260 e. The lowest BCUT2D eigenvalue weighted by Gasteiger charge is -2.34. The van der Waals surface area contributed by atoms with Gasteiger partial charge in [-0.05, 0) is 57.5 Å². The van der Waals surface area contributed by atoms with E-state index in [1.165, 1.54) is 0 Å². The summed E-state index contributed by atoms with van der Waals surface area (Å²) in [7, 11) is 1.58. The quantitative estimate of drug-likeness (QED) is 0.413. The first-order valence-corrected chi connectivity index (χ1v) is 13.5. The number of carbonyl (C=O) groups excluding carboxylic acids is 1. The second-order valence-corrected chi connectivity index (χ2v) is 11.0. The number of piperazine rings is 1. The normalized spacial score (nSPS) is 14.6. The second-order valence-electron chi connectivity index (χ2n) is 10.7. The number of ether oxygens (including phenoxy) is 1. The summed E-state index contributed by atoms with van der Waals surface area (Å²) >= 11 is 6.68. The molecule has 1 amide bonds. The van der Waals surface area contributed by atoms with Gasteiger partial charge in [-0.25, -0.2) is 4.98 Å². The van der Waals surface area contributed by atoms with Crippen molar-refractivity contribution in [1.29, 1.82) is 0 Å². The van der Waals surface area contributed by atoms with Crippen molar-refractivity contribution in [3.63, 3.8) is 0 Å². The number of fused-ring (bicyclic) bond motifs is 1. The highest BCUT2D eigenvalue weighted by Gasteiger charge is 2.20. The Kier molecular flexibility index (Phi) is 8.78. The van der Waals surface area contributed by atoms with Crippen LogP contribution in [0.2, 0.25) is 5.02 Å². The topological polar surface area (TPSA) is 113 Å². The van der Waals surface area contributed by atoms with Crippen LogP contribution in [-0.2, 0) is 11.3 Å². The Balaban J connectivity index is 1.69. The molecule has 3 aromatic rings. The summed E-state index contributed by atoms with van der Waals surface area (Å²) in [5.41, 5.74) is 1.21. The SMILES string of the molecule is COc1cc(C)c(Cl)c(-c2cc3cnc(NCC(C)(C)O)nc3n(CCCN3CCN(C(C)=O)CC3)c2=O)c1. The third-order valence-electron chi connectivity index (χ3n) is 6.93. The minimum atomic E-state index is -0.949. The van der Waals surface area contributed by atoms with Crippen molar-refractivity contribution < 1.29 is 14.6 Å². The lowest BCUT2D eigenvalue weighted by Crippen LogP contribution is -2.48. The highest BCUT2D eigenvalue weighted by atomic mass is 35.5. The van der Waals surface area contributed by atoms with Crippen LogP contribution < -0.4 is 15.6 Å². The van der Waals surface area contributed by atoms with E-state index < -0.39 is 5.60 Å². The summed E-state index contributed by atoms with van der Waals surface area (Å²) in [6, 6.07) is 5.38. The van der Waals surface area contributed by atoms with E-state index in [2.05, 4.69) is 20.2 Å². The van der Waals surface area contributed by atoms with Crippen LogP contribution in [0.3, 0.4) is 0 Å². The molecule has 0 radical (unpaired) electrons. The monoisotopic (exact) mass is 556 g/mol. The number of pyridine rings is 1. The minimum Gasteiger partial charge on any atom is -0.497 e. The number of amides is 1. The van der Waals surface area contributed by atoms with E-state index in [9.17, 15) is 14.7 Å². The maximum atomic E-state index is 14.0. The number of hydrogen-bond donors (Lipinski definition) is 2. The van der Waals surface area contributed by atoms with Crippen LogP contribution in [0.25, 0.3) is 22.2 Å². The van der Waals surface area contributed by atoms with Crippen LogP contribution in [0.15, 0.2) is 29.2 Å².